The van der Waals surface area contributed by atoms with Crippen LogP contribution in [-0.4, -0.2) is 16.4 Å². The molecule has 2 aromatic rings. The Morgan fingerprint density at radius 3 is 2.89 bits per heavy atom. The van der Waals surface area contributed by atoms with Crippen LogP contribution in [0.15, 0.2) is 16.9 Å². The molecule has 2 heterocycles. The number of pyridine rings is 1. The first-order chi connectivity index (χ1) is 8.60. The van der Waals surface area contributed by atoms with Gasteiger partial charge in [0.25, 0.3) is 5.56 Å². The molecule has 3 nitrogen and oxygen atoms in total. The summed E-state index contributed by atoms with van der Waals surface area (Å²) in [5.41, 5.74) is 3.91. The number of H-pyrrole nitrogens is 1. The first-order valence-electron chi connectivity index (χ1n) is 5.99. The third-order valence-electron chi connectivity index (χ3n) is 3.45. The monoisotopic (exact) mass is 307 g/mol. The summed E-state index contributed by atoms with van der Waals surface area (Å²) >= 11 is 3.46. The van der Waals surface area contributed by atoms with Crippen molar-refractivity contribution >= 4 is 26.8 Å². The third-order valence-corrected chi connectivity index (χ3v) is 4.17. The van der Waals surface area contributed by atoms with Gasteiger partial charge >= 0.3 is 0 Å². The molecular weight excluding hydrogens is 294 g/mol. The number of aryl methyl sites for hydroxylation is 2. The van der Waals surface area contributed by atoms with E-state index in [9.17, 15) is 4.79 Å². The Hall–Kier alpha value is -1.29. The van der Waals surface area contributed by atoms with Gasteiger partial charge in [-0.05, 0) is 31.0 Å². The number of halogens is 1. The van der Waals surface area contributed by atoms with Crippen LogP contribution in [0.5, 0.6) is 5.75 Å². The SMILES string of the molecule is Cc1cc2c3c(cc(C)c2[nH]c1=O)CC(CBr)O3. The van der Waals surface area contributed by atoms with Crippen LogP contribution in [0.4, 0.5) is 0 Å². The second-order valence-electron chi connectivity index (χ2n) is 4.85. The molecule has 94 valence electrons. The number of hydrogen-bond acceptors (Lipinski definition) is 2. The van der Waals surface area contributed by atoms with E-state index in [1.165, 1.54) is 5.56 Å². The van der Waals surface area contributed by atoms with Gasteiger partial charge in [-0.25, -0.2) is 0 Å². The molecule has 1 atom stereocenters. The Balaban J connectivity index is 2.33. The zero-order chi connectivity index (χ0) is 12.9. The molecular formula is C14H14BrNO2. The van der Waals surface area contributed by atoms with E-state index < -0.39 is 0 Å². The van der Waals surface area contributed by atoms with Gasteiger partial charge in [-0.3, -0.25) is 4.79 Å². The molecule has 0 aliphatic carbocycles. The molecule has 0 saturated carbocycles. The third kappa shape index (κ3) is 1.67. The van der Waals surface area contributed by atoms with E-state index in [0.29, 0.717) is 0 Å². The largest absolute Gasteiger partial charge is 0.488 e. The number of nitrogens with one attached hydrogen (secondary N) is 1. The molecule has 1 N–H and O–H groups in total. The number of ether oxygens (including phenoxy) is 1. The standard InChI is InChI=1S/C14H14BrNO2/c1-7-3-9-5-10(6-15)18-13(9)11-4-8(2)14(17)16-12(7)11/h3-4,10H,5-6H2,1-2H3,(H,16,17). The lowest BCUT2D eigenvalue weighted by Crippen LogP contribution is -2.14. The minimum absolute atomic E-state index is 0.0272. The second-order valence-corrected chi connectivity index (χ2v) is 5.50. The zero-order valence-corrected chi connectivity index (χ0v) is 11.9. The first kappa shape index (κ1) is 11.8. The quantitative estimate of drug-likeness (QED) is 0.823. The lowest BCUT2D eigenvalue weighted by molar-refractivity contribution is 0.263. The second kappa shape index (κ2) is 4.12. The Morgan fingerprint density at radius 2 is 2.17 bits per heavy atom. The fraction of sp³-hybridized carbons (Fsp3) is 0.357. The number of rotatable bonds is 1. The van der Waals surface area contributed by atoms with Crippen molar-refractivity contribution in [1.82, 2.24) is 4.98 Å². The molecule has 0 saturated heterocycles. The molecule has 4 heteroatoms. The van der Waals surface area contributed by atoms with Gasteiger partial charge in [-0.1, -0.05) is 22.0 Å². The molecule has 0 bridgehead atoms. The number of benzene rings is 1. The maximum atomic E-state index is 11.7. The zero-order valence-electron chi connectivity index (χ0n) is 10.3. The highest BCUT2D eigenvalue weighted by molar-refractivity contribution is 9.09. The maximum Gasteiger partial charge on any atom is 0.251 e. The molecule has 18 heavy (non-hydrogen) atoms. The van der Waals surface area contributed by atoms with E-state index in [1.54, 1.807) is 0 Å². The highest BCUT2D eigenvalue weighted by Gasteiger charge is 2.25. The summed E-state index contributed by atoms with van der Waals surface area (Å²) in [5.74, 6) is 0.930. The first-order valence-corrected chi connectivity index (χ1v) is 7.11. The maximum absolute atomic E-state index is 11.7. The Kier molecular flexibility index (Phi) is 2.70. The number of fused-ring (bicyclic) bond motifs is 3. The van der Waals surface area contributed by atoms with Gasteiger partial charge in [-0.15, -0.1) is 0 Å². The van der Waals surface area contributed by atoms with Crippen molar-refractivity contribution in [2.45, 2.75) is 26.4 Å². The van der Waals surface area contributed by atoms with Gasteiger partial charge in [0.2, 0.25) is 0 Å². The fourth-order valence-corrected chi connectivity index (χ4v) is 2.89. The van der Waals surface area contributed by atoms with Gasteiger partial charge in [0.05, 0.1) is 5.52 Å². The van der Waals surface area contributed by atoms with Crippen LogP contribution < -0.4 is 10.3 Å². The Bertz CT molecular complexity index is 690. The van der Waals surface area contributed by atoms with Crippen LogP contribution in [0, 0.1) is 13.8 Å². The summed E-state index contributed by atoms with van der Waals surface area (Å²) in [6.45, 7) is 3.85. The summed E-state index contributed by atoms with van der Waals surface area (Å²) in [6.07, 6.45) is 1.12. The highest BCUT2D eigenvalue weighted by Crippen LogP contribution is 2.37. The van der Waals surface area contributed by atoms with Gasteiger partial charge in [0, 0.05) is 22.7 Å². The van der Waals surface area contributed by atoms with Crippen molar-refractivity contribution < 1.29 is 4.74 Å². The number of aromatic amines is 1. The molecule has 1 aromatic carbocycles. The Labute approximate surface area is 113 Å². The molecule has 0 fully saturated rings. The van der Waals surface area contributed by atoms with E-state index in [1.807, 2.05) is 19.9 Å². The average molecular weight is 308 g/mol. The van der Waals surface area contributed by atoms with Crippen LogP contribution in [-0.2, 0) is 6.42 Å². The molecule has 3 rings (SSSR count). The lowest BCUT2D eigenvalue weighted by atomic mass is 10.0. The normalized spacial score (nSPS) is 17.8. The fourth-order valence-electron chi connectivity index (χ4n) is 2.53. The van der Waals surface area contributed by atoms with E-state index >= 15 is 0 Å². The molecule has 0 radical (unpaired) electrons. The number of hydrogen-bond donors (Lipinski definition) is 1. The molecule has 1 unspecified atom stereocenters. The van der Waals surface area contributed by atoms with Crippen LogP contribution in [0.2, 0.25) is 0 Å². The lowest BCUT2D eigenvalue weighted by Gasteiger charge is -2.10. The minimum atomic E-state index is -0.0272. The predicted molar refractivity (Wildman–Crippen MR) is 76.0 cm³/mol. The minimum Gasteiger partial charge on any atom is -0.488 e. The molecule has 1 aliphatic rings. The van der Waals surface area contributed by atoms with Gasteiger partial charge in [0.15, 0.2) is 0 Å². The van der Waals surface area contributed by atoms with E-state index in [4.69, 9.17) is 4.74 Å². The van der Waals surface area contributed by atoms with Gasteiger partial charge in [-0.2, -0.15) is 0 Å². The van der Waals surface area contributed by atoms with E-state index in [0.717, 1.165) is 39.5 Å². The summed E-state index contributed by atoms with van der Waals surface area (Å²) in [5, 5.41) is 1.84. The van der Waals surface area contributed by atoms with Crippen LogP contribution >= 0.6 is 15.9 Å². The number of alkyl halides is 1. The van der Waals surface area contributed by atoms with Crippen LogP contribution in [0.1, 0.15) is 16.7 Å². The van der Waals surface area contributed by atoms with Crippen molar-refractivity contribution in [2.75, 3.05) is 5.33 Å². The highest BCUT2D eigenvalue weighted by atomic mass is 79.9. The smallest absolute Gasteiger partial charge is 0.251 e. The van der Waals surface area contributed by atoms with Gasteiger partial charge < -0.3 is 9.72 Å². The van der Waals surface area contributed by atoms with Crippen molar-refractivity contribution in [3.63, 3.8) is 0 Å². The van der Waals surface area contributed by atoms with Crippen LogP contribution in [0.3, 0.4) is 0 Å². The van der Waals surface area contributed by atoms with Crippen molar-refractivity contribution in [3.8, 4) is 5.75 Å². The average Bonchev–Trinajstić information content (AvgIpc) is 2.75. The molecule has 1 aromatic heterocycles. The summed E-state index contributed by atoms with van der Waals surface area (Å²) in [6, 6.07) is 4.04. The predicted octanol–water partition coefficient (Wildman–Crippen LogP) is 2.84. The van der Waals surface area contributed by atoms with Crippen molar-refractivity contribution in [2.24, 2.45) is 0 Å². The summed E-state index contributed by atoms with van der Waals surface area (Å²) in [7, 11) is 0. The van der Waals surface area contributed by atoms with Crippen molar-refractivity contribution in [1.29, 1.82) is 0 Å². The van der Waals surface area contributed by atoms with Crippen molar-refractivity contribution in [3.05, 3.63) is 39.2 Å². The number of aromatic nitrogens is 1. The summed E-state index contributed by atoms with van der Waals surface area (Å²) in [4.78, 5) is 14.6. The van der Waals surface area contributed by atoms with E-state index in [-0.39, 0.29) is 11.7 Å². The molecule has 0 spiro atoms. The molecule has 0 amide bonds. The van der Waals surface area contributed by atoms with Gasteiger partial charge in [0.1, 0.15) is 11.9 Å². The van der Waals surface area contributed by atoms with E-state index in [2.05, 4.69) is 27.0 Å². The molecule has 1 aliphatic heterocycles. The summed E-state index contributed by atoms with van der Waals surface area (Å²) < 4.78 is 5.95. The topological polar surface area (TPSA) is 42.1 Å². The Morgan fingerprint density at radius 1 is 1.39 bits per heavy atom. The van der Waals surface area contributed by atoms with Crippen LogP contribution in [0.25, 0.3) is 10.9 Å².